The molecule has 0 aromatic rings. The zero-order valence-electron chi connectivity index (χ0n) is 28.2. The summed E-state index contributed by atoms with van der Waals surface area (Å²) in [6.07, 6.45) is 21.8. The Morgan fingerprint density at radius 3 is 1.61 bits per heavy atom. The molecule has 1 saturated carbocycles. The predicted octanol–water partition coefficient (Wildman–Crippen LogP) is 11.0. The van der Waals surface area contributed by atoms with Crippen LogP contribution in [0, 0.1) is 28.1 Å². The van der Waals surface area contributed by atoms with Gasteiger partial charge in [-0.3, -0.25) is 9.78 Å². The second-order valence-corrected chi connectivity index (χ2v) is 15.8. The van der Waals surface area contributed by atoms with E-state index in [9.17, 15) is 9.59 Å². The Morgan fingerprint density at radius 2 is 1.07 bits per heavy atom. The zero-order chi connectivity index (χ0) is 30.8. The summed E-state index contributed by atoms with van der Waals surface area (Å²) in [6, 6.07) is 0. The summed E-state index contributed by atoms with van der Waals surface area (Å²) in [6.45, 7) is 18.1. The average molecular weight is 583 g/mol. The number of carbonyl (C=O) groups is 2. The fourth-order valence-electron chi connectivity index (χ4n) is 6.29. The van der Waals surface area contributed by atoms with E-state index in [1.54, 1.807) is 0 Å². The van der Waals surface area contributed by atoms with E-state index >= 15 is 0 Å². The minimum Gasteiger partial charge on any atom is -0.266 e. The van der Waals surface area contributed by atoms with Crippen molar-refractivity contribution in [2.24, 2.45) is 28.1 Å². The molecule has 0 heterocycles. The highest BCUT2D eigenvalue weighted by Crippen LogP contribution is 2.45. The SMILES string of the molecule is CC(C)(C)CCCCCCCCC(=O)OOOOC(=O)C(CCCCCCCC(C)(C)C)C(C)(C)C1CCCCC1. The number of unbranched alkanes of at least 4 members (excludes halogenated alkanes) is 9. The first kappa shape index (κ1) is 37.9. The van der Waals surface area contributed by atoms with Crippen LogP contribution in [0.1, 0.15) is 184 Å². The van der Waals surface area contributed by atoms with Crippen LogP contribution in [0.3, 0.4) is 0 Å². The maximum atomic E-state index is 13.2. The van der Waals surface area contributed by atoms with E-state index in [1.807, 2.05) is 0 Å². The lowest BCUT2D eigenvalue weighted by Gasteiger charge is -2.41. The van der Waals surface area contributed by atoms with Crippen molar-refractivity contribution in [2.75, 3.05) is 0 Å². The number of rotatable bonds is 21. The van der Waals surface area contributed by atoms with Crippen molar-refractivity contribution in [3.63, 3.8) is 0 Å². The third kappa shape index (κ3) is 18.9. The Hall–Kier alpha value is -1.14. The summed E-state index contributed by atoms with van der Waals surface area (Å²) < 4.78 is 0. The van der Waals surface area contributed by atoms with Gasteiger partial charge in [0.15, 0.2) is 0 Å². The molecular weight excluding hydrogens is 516 g/mol. The van der Waals surface area contributed by atoms with Crippen molar-refractivity contribution in [1.29, 1.82) is 0 Å². The van der Waals surface area contributed by atoms with Gasteiger partial charge in [-0.2, -0.15) is 0 Å². The maximum Gasteiger partial charge on any atom is 0.349 e. The number of hydrogen-bond donors (Lipinski definition) is 0. The van der Waals surface area contributed by atoms with Crippen LogP contribution in [-0.2, 0) is 29.4 Å². The van der Waals surface area contributed by atoms with Gasteiger partial charge in [0, 0.05) is 16.5 Å². The van der Waals surface area contributed by atoms with Gasteiger partial charge in [-0.15, -0.1) is 0 Å². The van der Waals surface area contributed by atoms with Gasteiger partial charge >= 0.3 is 11.9 Å². The summed E-state index contributed by atoms with van der Waals surface area (Å²) in [5, 5.41) is 9.15. The molecule has 1 aliphatic rings. The van der Waals surface area contributed by atoms with Crippen molar-refractivity contribution < 1.29 is 29.4 Å². The highest BCUT2D eigenvalue weighted by atomic mass is 17.7. The molecule has 0 aromatic carbocycles. The Morgan fingerprint density at radius 1 is 0.610 bits per heavy atom. The highest BCUT2D eigenvalue weighted by Gasteiger charge is 2.42. The molecule has 41 heavy (non-hydrogen) atoms. The molecule has 1 atom stereocenters. The van der Waals surface area contributed by atoms with Crippen LogP contribution in [-0.4, -0.2) is 11.9 Å². The Balaban J connectivity index is 2.36. The third-order valence-electron chi connectivity index (χ3n) is 9.09. The molecule has 1 unspecified atom stereocenters. The molecule has 0 aromatic heterocycles. The van der Waals surface area contributed by atoms with Crippen molar-refractivity contribution >= 4 is 11.9 Å². The summed E-state index contributed by atoms with van der Waals surface area (Å²) in [5.41, 5.74) is 0.593. The topological polar surface area (TPSA) is 71.1 Å². The van der Waals surface area contributed by atoms with E-state index in [4.69, 9.17) is 4.89 Å². The van der Waals surface area contributed by atoms with Crippen LogP contribution in [0.2, 0.25) is 0 Å². The second-order valence-electron chi connectivity index (χ2n) is 15.8. The summed E-state index contributed by atoms with van der Waals surface area (Å²) >= 11 is 0. The minimum atomic E-state index is -0.515. The summed E-state index contributed by atoms with van der Waals surface area (Å²) in [7, 11) is 0. The maximum absolute atomic E-state index is 13.2. The molecule has 1 aliphatic carbocycles. The first-order valence-electron chi connectivity index (χ1n) is 17.0. The van der Waals surface area contributed by atoms with Gasteiger partial charge in [-0.25, -0.2) is 9.59 Å². The van der Waals surface area contributed by atoms with Gasteiger partial charge in [0.05, 0.1) is 5.92 Å². The molecule has 1 fully saturated rings. The van der Waals surface area contributed by atoms with E-state index in [0.29, 0.717) is 16.7 Å². The van der Waals surface area contributed by atoms with Crippen molar-refractivity contribution in [2.45, 2.75) is 184 Å². The predicted molar refractivity (Wildman–Crippen MR) is 166 cm³/mol. The van der Waals surface area contributed by atoms with E-state index in [0.717, 1.165) is 51.4 Å². The smallest absolute Gasteiger partial charge is 0.266 e. The standard InChI is InChI=1S/C35H66O6/c1-33(2,3)27-21-14-10-9-13-20-26-31(36)38-40-41-39-32(37)30(35(7,8)29-23-17-16-18-24-29)25-19-12-11-15-22-28-34(4,5)6/h29-30H,9-28H2,1-8H3. The first-order chi connectivity index (χ1) is 19.2. The van der Waals surface area contributed by atoms with Crippen molar-refractivity contribution in [1.82, 2.24) is 0 Å². The highest BCUT2D eigenvalue weighted by molar-refractivity contribution is 5.72. The molecule has 242 valence electrons. The fourth-order valence-corrected chi connectivity index (χ4v) is 6.29. The van der Waals surface area contributed by atoms with Gasteiger partial charge in [0.2, 0.25) is 0 Å². The zero-order valence-corrected chi connectivity index (χ0v) is 28.2. The van der Waals surface area contributed by atoms with Crippen LogP contribution >= 0.6 is 0 Å². The molecule has 0 N–H and O–H groups in total. The molecule has 6 nitrogen and oxygen atoms in total. The normalized spacial score (nSPS) is 16.0. The van der Waals surface area contributed by atoms with E-state index < -0.39 is 11.9 Å². The molecule has 0 radical (unpaired) electrons. The molecule has 1 rings (SSSR count). The molecule has 0 spiro atoms. The lowest BCUT2D eigenvalue weighted by atomic mass is 9.63. The van der Waals surface area contributed by atoms with E-state index in [2.05, 4.69) is 70.4 Å². The Bertz CT molecular complexity index is 696. The van der Waals surface area contributed by atoms with Crippen molar-refractivity contribution in [3.8, 4) is 0 Å². The second kappa shape index (κ2) is 19.9. The van der Waals surface area contributed by atoms with Crippen molar-refractivity contribution in [3.05, 3.63) is 0 Å². The molecule has 0 saturated heterocycles. The van der Waals surface area contributed by atoms with Gasteiger partial charge in [-0.05, 0) is 60.7 Å². The quantitative estimate of drug-likeness (QED) is 0.0761. The molecule has 0 aliphatic heterocycles. The largest absolute Gasteiger partial charge is 0.349 e. The first-order valence-corrected chi connectivity index (χ1v) is 17.0. The summed E-state index contributed by atoms with van der Waals surface area (Å²) in [5.74, 6) is -0.754. The molecule has 0 bridgehead atoms. The lowest BCUT2D eigenvalue weighted by molar-refractivity contribution is -0.601. The number of hydrogen-bond acceptors (Lipinski definition) is 6. The third-order valence-corrected chi connectivity index (χ3v) is 9.09. The van der Waals surface area contributed by atoms with Gasteiger partial charge < -0.3 is 0 Å². The van der Waals surface area contributed by atoms with Gasteiger partial charge in [0.25, 0.3) is 0 Å². The van der Waals surface area contributed by atoms with E-state index in [-0.39, 0.29) is 17.8 Å². The fraction of sp³-hybridized carbons (Fsp3) is 0.943. The van der Waals surface area contributed by atoms with Crippen LogP contribution in [0.15, 0.2) is 0 Å². The molecule has 6 heteroatoms. The van der Waals surface area contributed by atoms with Crippen LogP contribution < -0.4 is 0 Å². The Kier molecular flexibility index (Phi) is 18.4. The van der Waals surface area contributed by atoms with Gasteiger partial charge in [0.1, 0.15) is 0 Å². The van der Waals surface area contributed by atoms with Gasteiger partial charge in [-0.1, -0.05) is 139 Å². The molecule has 0 amide bonds. The molecular formula is C35H66O6. The van der Waals surface area contributed by atoms with E-state index in [1.165, 1.54) is 70.6 Å². The number of carbonyl (C=O) groups excluding carboxylic acids is 2. The lowest BCUT2D eigenvalue weighted by Crippen LogP contribution is -2.39. The van der Waals surface area contributed by atoms with Crippen LogP contribution in [0.25, 0.3) is 0 Å². The van der Waals surface area contributed by atoms with Crippen LogP contribution in [0.5, 0.6) is 0 Å². The Labute approximate surface area is 253 Å². The summed E-state index contributed by atoms with van der Waals surface area (Å²) in [4.78, 5) is 34.8. The minimum absolute atomic E-state index is 0.198. The average Bonchev–Trinajstić information content (AvgIpc) is 2.88. The monoisotopic (exact) mass is 582 g/mol. The van der Waals surface area contributed by atoms with Crippen LogP contribution in [0.4, 0.5) is 0 Å².